The Morgan fingerprint density at radius 2 is 1.61 bits per heavy atom. The lowest BCUT2D eigenvalue weighted by Gasteiger charge is -2.08. The fourth-order valence-corrected chi connectivity index (χ4v) is 5.13. The van der Waals surface area contributed by atoms with E-state index in [1.165, 1.54) is 6.07 Å². The van der Waals surface area contributed by atoms with E-state index in [9.17, 15) is 28.8 Å². The van der Waals surface area contributed by atoms with Crippen LogP contribution in [-0.2, 0) is 19.2 Å². The molecule has 0 aliphatic carbocycles. The van der Waals surface area contributed by atoms with Crippen molar-refractivity contribution >= 4 is 68.7 Å². The van der Waals surface area contributed by atoms with Gasteiger partial charge < -0.3 is 9.15 Å². The number of carbonyl (C=O) groups is 6. The second-order valence-electron chi connectivity index (χ2n) is 6.49. The van der Waals surface area contributed by atoms with E-state index in [1.54, 1.807) is 18.2 Å². The van der Waals surface area contributed by atoms with Gasteiger partial charge in [0.15, 0.2) is 5.12 Å². The normalized spacial score (nSPS) is 20.0. The van der Waals surface area contributed by atoms with E-state index in [4.69, 9.17) is 9.15 Å². The largest absolute Gasteiger partial charge is 0.426 e. The number of carbonyl (C=O) groups excluding carboxylic acids is 6. The van der Waals surface area contributed by atoms with Gasteiger partial charge in [-0.15, -0.1) is 10.2 Å². The Balaban J connectivity index is 1.40. The van der Waals surface area contributed by atoms with Gasteiger partial charge in [0, 0.05) is 18.2 Å². The third kappa shape index (κ3) is 5.61. The van der Waals surface area contributed by atoms with Crippen molar-refractivity contribution in [3.8, 4) is 17.2 Å². The summed E-state index contributed by atoms with van der Waals surface area (Å²) >= 11 is 2.07. The molecular formula is C18H12N4O8S3. The van der Waals surface area contributed by atoms with Crippen LogP contribution in [0.25, 0.3) is 11.5 Å². The van der Waals surface area contributed by atoms with Gasteiger partial charge in [-0.1, -0.05) is 35.7 Å². The first-order chi connectivity index (χ1) is 15.8. The molecule has 4 amide bonds. The minimum Gasteiger partial charge on any atom is -0.426 e. The van der Waals surface area contributed by atoms with E-state index in [2.05, 4.69) is 20.8 Å². The van der Waals surface area contributed by atoms with Crippen molar-refractivity contribution in [1.29, 1.82) is 0 Å². The summed E-state index contributed by atoms with van der Waals surface area (Å²) < 4.78 is 10.8. The molecule has 15 heteroatoms. The predicted molar refractivity (Wildman–Crippen MR) is 115 cm³/mol. The summed E-state index contributed by atoms with van der Waals surface area (Å²) in [7, 11) is 0. The number of aromatic nitrogens is 2. The number of thioether (sulfide) groups is 3. The number of amides is 4. The number of benzene rings is 1. The van der Waals surface area contributed by atoms with Gasteiger partial charge >= 0.3 is 5.97 Å². The maximum Gasteiger partial charge on any atom is 0.312 e. The highest BCUT2D eigenvalue weighted by Gasteiger charge is 2.35. The van der Waals surface area contributed by atoms with E-state index in [0.717, 1.165) is 11.8 Å². The molecule has 12 nitrogen and oxygen atoms in total. The lowest BCUT2D eigenvalue weighted by Crippen LogP contribution is -2.27. The van der Waals surface area contributed by atoms with E-state index in [1.807, 2.05) is 0 Å². The lowest BCUT2D eigenvalue weighted by atomic mass is 10.2. The minimum absolute atomic E-state index is 0.0278. The number of rotatable bonds is 7. The highest BCUT2D eigenvalue weighted by Crippen LogP contribution is 2.33. The number of ether oxygens (including phenoxy) is 1. The first-order valence-electron chi connectivity index (χ1n) is 9.15. The summed E-state index contributed by atoms with van der Waals surface area (Å²) in [5.74, 6) is -1.77. The summed E-state index contributed by atoms with van der Waals surface area (Å²) in [5, 5.41) is 8.58. The van der Waals surface area contributed by atoms with E-state index >= 15 is 0 Å². The molecule has 2 saturated heterocycles. The molecule has 2 aliphatic heterocycles. The lowest BCUT2D eigenvalue weighted by molar-refractivity contribution is -0.135. The molecule has 2 atom stereocenters. The standard InChI is InChI=1S/C18H12N4O8S3/c23-11(5-9-13(25)19-16(27)31-9)29-8-4-2-1-3-7(8)15-21-22-18(30-15)33-12(24)6-10-14(26)20-17(28)32-10/h1-4,9-10H,5-6H2,(H,19,25,27)(H,20,26,28)/t9-,10+/m1/s1. The fraction of sp³-hybridized carbons (Fsp3) is 0.222. The second-order valence-corrected chi connectivity index (χ2v) is 9.85. The number of hydrogen-bond acceptors (Lipinski definition) is 13. The van der Waals surface area contributed by atoms with Gasteiger partial charge in [-0.05, 0) is 12.1 Å². The molecule has 2 aliphatic rings. The Bertz CT molecular complexity index is 1180. The molecule has 1 aromatic heterocycles. The Labute approximate surface area is 197 Å². The zero-order valence-corrected chi connectivity index (χ0v) is 18.7. The molecule has 0 saturated carbocycles. The first kappa shape index (κ1) is 23.0. The first-order valence-corrected chi connectivity index (χ1v) is 11.7. The Kier molecular flexibility index (Phi) is 6.80. The van der Waals surface area contributed by atoms with Crippen LogP contribution in [0.2, 0.25) is 0 Å². The minimum atomic E-state index is -0.870. The van der Waals surface area contributed by atoms with Crippen molar-refractivity contribution in [2.24, 2.45) is 0 Å². The summed E-state index contributed by atoms with van der Waals surface area (Å²) in [6.07, 6.45) is -0.515. The average Bonchev–Trinajstić information content (AvgIpc) is 3.41. The molecule has 2 fully saturated rings. The van der Waals surface area contributed by atoms with E-state index < -0.39 is 43.9 Å². The van der Waals surface area contributed by atoms with Crippen LogP contribution >= 0.6 is 35.3 Å². The highest BCUT2D eigenvalue weighted by atomic mass is 32.2. The maximum atomic E-state index is 12.3. The van der Waals surface area contributed by atoms with Crippen LogP contribution in [0.15, 0.2) is 33.9 Å². The SMILES string of the molecule is O=C(C[C@H]1SC(=O)NC1=O)Oc1ccccc1-c1nnc(SC(=O)C[C@@H]2SC(=O)NC2=O)o1. The fourth-order valence-electron chi connectivity index (χ4n) is 2.75. The van der Waals surface area contributed by atoms with Crippen molar-refractivity contribution in [3.05, 3.63) is 24.3 Å². The van der Waals surface area contributed by atoms with Crippen molar-refractivity contribution in [2.45, 2.75) is 28.6 Å². The second kappa shape index (κ2) is 9.76. The van der Waals surface area contributed by atoms with Gasteiger partial charge in [0.2, 0.25) is 11.8 Å². The summed E-state index contributed by atoms with van der Waals surface area (Å²) in [6, 6.07) is 6.28. The molecule has 1 aromatic carbocycles. The average molecular weight is 509 g/mol. The van der Waals surface area contributed by atoms with E-state index in [0.29, 0.717) is 23.5 Å². The van der Waals surface area contributed by atoms with Gasteiger partial charge in [-0.2, -0.15) is 0 Å². The number of nitrogens with one attached hydrogen (secondary N) is 2. The third-order valence-corrected chi connectivity index (χ3v) is 6.88. The van der Waals surface area contributed by atoms with Gasteiger partial charge in [0.1, 0.15) is 16.2 Å². The molecule has 0 bridgehead atoms. The van der Waals surface area contributed by atoms with Crippen LogP contribution in [-0.4, -0.2) is 54.1 Å². The Morgan fingerprint density at radius 1 is 0.970 bits per heavy atom. The van der Waals surface area contributed by atoms with Crippen LogP contribution in [0.5, 0.6) is 5.75 Å². The summed E-state index contributed by atoms with van der Waals surface area (Å²) in [6.45, 7) is 0. The molecule has 2 N–H and O–H groups in total. The van der Waals surface area contributed by atoms with Gasteiger partial charge in [0.25, 0.3) is 21.6 Å². The number of para-hydroxylation sites is 1. The van der Waals surface area contributed by atoms with Crippen LogP contribution in [0.1, 0.15) is 12.8 Å². The van der Waals surface area contributed by atoms with Crippen LogP contribution in [0.4, 0.5) is 9.59 Å². The molecule has 3 heterocycles. The number of nitrogens with zero attached hydrogens (tertiary/aromatic N) is 2. The number of hydrogen-bond donors (Lipinski definition) is 2. The van der Waals surface area contributed by atoms with Gasteiger partial charge in [-0.25, -0.2) is 0 Å². The Morgan fingerprint density at radius 3 is 2.24 bits per heavy atom. The van der Waals surface area contributed by atoms with Crippen molar-refractivity contribution in [3.63, 3.8) is 0 Å². The van der Waals surface area contributed by atoms with E-state index in [-0.39, 0.29) is 35.3 Å². The molecule has 4 rings (SSSR count). The number of imide groups is 2. The van der Waals surface area contributed by atoms with Crippen molar-refractivity contribution < 1.29 is 37.9 Å². The highest BCUT2D eigenvalue weighted by molar-refractivity contribution is 8.16. The Hall–Kier alpha value is -3.17. The van der Waals surface area contributed by atoms with Crippen LogP contribution in [0, 0.1) is 0 Å². The van der Waals surface area contributed by atoms with Gasteiger partial charge in [0.05, 0.1) is 12.0 Å². The zero-order chi connectivity index (χ0) is 23.5. The molecule has 0 radical (unpaired) electrons. The van der Waals surface area contributed by atoms with Crippen molar-refractivity contribution in [2.75, 3.05) is 0 Å². The zero-order valence-electron chi connectivity index (χ0n) is 16.3. The summed E-state index contributed by atoms with van der Waals surface area (Å²) in [4.78, 5) is 70.1. The maximum absolute atomic E-state index is 12.3. The molecule has 0 spiro atoms. The molecule has 2 aromatic rings. The monoisotopic (exact) mass is 508 g/mol. The predicted octanol–water partition coefficient (Wildman–Crippen LogP) is 1.74. The van der Waals surface area contributed by atoms with Crippen LogP contribution < -0.4 is 15.4 Å². The van der Waals surface area contributed by atoms with Crippen molar-refractivity contribution in [1.82, 2.24) is 20.8 Å². The number of esters is 1. The molecule has 33 heavy (non-hydrogen) atoms. The third-order valence-electron chi connectivity index (χ3n) is 4.19. The molecular weight excluding hydrogens is 496 g/mol. The quantitative estimate of drug-likeness (QED) is 0.314. The molecule has 170 valence electrons. The van der Waals surface area contributed by atoms with Crippen LogP contribution in [0.3, 0.4) is 0 Å². The molecule has 0 unspecified atom stereocenters. The summed E-state index contributed by atoms with van der Waals surface area (Å²) in [5.41, 5.74) is 0.272. The smallest absolute Gasteiger partial charge is 0.312 e. The topological polar surface area (TPSA) is 175 Å². The van der Waals surface area contributed by atoms with Gasteiger partial charge in [-0.3, -0.25) is 39.4 Å².